The maximum absolute atomic E-state index is 5.85. The zero-order valence-electron chi connectivity index (χ0n) is 19.2. The minimum Gasteiger partial charge on any atom is -0.382 e. The van der Waals surface area contributed by atoms with E-state index in [1.165, 1.54) is 32.1 Å². The second kappa shape index (κ2) is 20.0. The summed E-state index contributed by atoms with van der Waals surface area (Å²) < 4.78 is 11.7. The number of unbranched alkanes of at least 4 members (excludes halogenated alkanes) is 2. The Hall–Kier alpha value is -0.270. The normalized spacial score (nSPS) is 14.8. The van der Waals surface area contributed by atoms with Gasteiger partial charge in [-0.25, -0.2) is 5.01 Å². The number of nitrogens with one attached hydrogen (secondary N) is 2. The van der Waals surface area contributed by atoms with Crippen molar-refractivity contribution in [2.45, 2.75) is 90.7 Å². The van der Waals surface area contributed by atoms with Gasteiger partial charge >= 0.3 is 0 Å². The molecule has 2 unspecified atom stereocenters. The predicted octanol–water partition coefficient (Wildman–Crippen LogP) is 4.56. The number of thiocarbonyl (C=S) groups is 1. The van der Waals surface area contributed by atoms with Gasteiger partial charge in [-0.05, 0) is 58.4 Å². The summed E-state index contributed by atoms with van der Waals surface area (Å²) in [5.74, 6) is 0.590. The first-order valence-electron chi connectivity index (χ1n) is 11.4. The number of hydrazine groups is 1. The molecule has 0 aliphatic heterocycles. The fourth-order valence-electron chi connectivity index (χ4n) is 3.72. The molecule has 0 aromatic heterocycles. The van der Waals surface area contributed by atoms with Crippen LogP contribution in [0.15, 0.2) is 0 Å². The lowest BCUT2D eigenvalue weighted by Gasteiger charge is -2.29. The first-order chi connectivity index (χ1) is 13.6. The van der Waals surface area contributed by atoms with Crippen molar-refractivity contribution in [1.82, 2.24) is 15.8 Å². The van der Waals surface area contributed by atoms with Gasteiger partial charge in [0.1, 0.15) is 0 Å². The van der Waals surface area contributed by atoms with Crippen molar-refractivity contribution >= 4 is 17.7 Å². The van der Waals surface area contributed by atoms with E-state index in [0.29, 0.717) is 18.1 Å². The van der Waals surface area contributed by atoms with E-state index in [0.717, 1.165) is 52.0 Å². The zero-order chi connectivity index (χ0) is 21.0. The van der Waals surface area contributed by atoms with Gasteiger partial charge in [-0.1, -0.05) is 45.3 Å². The molecule has 0 aliphatic carbocycles. The van der Waals surface area contributed by atoms with Crippen LogP contribution in [0.25, 0.3) is 0 Å². The number of rotatable bonds is 21. The van der Waals surface area contributed by atoms with Gasteiger partial charge in [-0.2, -0.15) is 0 Å². The lowest BCUT2D eigenvalue weighted by atomic mass is 9.91. The molecule has 0 bridgehead atoms. The van der Waals surface area contributed by atoms with Crippen LogP contribution in [-0.2, 0) is 9.47 Å². The van der Waals surface area contributed by atoms with Crippen LogP contribution in [0.4, 0.5) is 0 Å². The molecular formula is C22H47N3O2S. The summed E-state index contributed by atoms with van der Waals surface area (Å²) in [4.78, 5) is 0. The van der Waals surface area contributed by atoms with Crippen LogP contribution in [0, 0.1) is 5.92 Å². The minimum atomic E-state index is 0.339. The third-order valence-electron chi connectivity index (χ3n) is 5.61. The van der Waals surface area contributed by atoms with E-state index < -0.39 is 0 Å². The van der Waals surface area contributed by atoms with E-state index in [-0.39, 0.29) is 0 Å². The molecule has 0 rings (SSSR count). The molecule has 28 heavy (non-hydrogen) atoms. The van der Waals surface area contributed by atoms with Crippen LogP contribution >= 0.6 is 12.2 Å². The molecule has 0 amide bonds. The standard InChI is InChI=1S/C22H47N3O2S/c1-6-8-9-17-27-18-14-21(7-2)22(26-5)13-10-12-20(3)25(23-4)16-11-15-24-19-28/h19-23H,6-18H2,1-5H3,(H,24,28)/t20?,21?,22-/m1/s1. The lowest BCUT2D eigenvalue weighted by Crippen LogP contribution is -2.43. The minimum absolute atomic E-state index is 0.339. The summed E-state index contributed by atoms with van der Waals surface area (Å²) in [6.45, 7) is 10.5. The highest BCUT2D eigenvalue weighted by atomic mass is 32.1. The molecule has 0 aromatic rings. The largest absolute Gasteiger partial charge is 0.382 e. The third kappa shape index (κ3) is 13.8. The topological polar surface area (TPSA) is 45.8 Å². The molecule has 0 saturated heterocycles. The molecule has 0 radical (unpaired) electrons. The van der Waals surface area contributed by atoms with Crippen molar-refractivity contribution in [3.63, 3.8) is 0 Å². The molecule has 6 heteroatoms. The Balaban J connectivity index is 4.13. The number of methoxy groups -OCH3 is 1. The van der Waals surface area contributed by atoms with E-state index in [1.807, 2.05) is 14.2 Å². The van der Waals surface area contributed by atoms with Crippen molar-refractivity contribution in [3.05, 3.63) is 0 Å². The van der Waals surface area contributed by atoms with Crippen LogP contribution in [-0.4, -0.2) is 63.1 Å². The van der Waals surface area contributed by atoms with Gasteiger partial charge in [0.15, 0.2) is 0 Å². The monoisotopic (exact) mass is 417 g/mol. The van der Waals surface area contributed by atoms with Crippen LogP contribution in [0.2, 0.25) is 0 Å². The fourth-order valence-corrected chi connectivity index (χ4v) is 3.84. The summed E-state index contributed by atoms with van der Waals surface area (Å²) in [6, 6.07) is 0.511. The van der Waals surface area contributed by atoms with Gasteiger partial charge in [0.25, 0.3) is 0 Å². The van der Waals surface area contributed by atoms with Gasteiger partial charge in [0, 0.05) is 39.5 Å². The Morgan fingerprint density at radius 1 is 1.04 bits per heavy atom. The number of ether oxygens (including phenoxy) is 2. The molecule has 5 nitrogen and oxygen atoms in total. The lowest BCUT2D eigenvalue weighted by molar-refractivity contribution is 0.0202. The molecular weight excluding hydrogens is 370 g/mol. The second-order valence-electron chi connectivity index (χ2n) is 7.67. The van der Waals surface area contributed by atoms with E-state index in [4.69, 9.17) is 21.7 Å². The Morgan fingerprint density at radius 2 is 1.82 bits per heavy atom. The zero-order valence-corrected chi connectivity index (χ0v) is 20.0. The average Bonchev–Trinajstić information content (AvgIpc) is 2.71. The van der Waals surface area contributed by atoms with Gasteiger partial charge in [0.05, 0.1) is 11.6 Å². The SMILES string of the molecule is CCCCCOCCC(CC)[C@@H](CCCC(C)N(CCCNC=S)NC)OC. The number of hydrogen-bond acceptors (Lipinski definition) is 5. The van der Waals surface area contributed by atoms with Crippen LogP contribution in [0.5, 0.6) is 0 Å². The predicted molar refractivity (Wildman–Crippen MR) is 125 cm³/mol. The van der Waals surface area contributed by atoms with Crippen molar-refractivity contribution in [3.8, 4) is 0 Å². The fraction of sp³-hybridized carbons (Fsp3) is 0.955. The smallest absolute Gasteiger partial charge is 0.0614 e. The first kappa shape index (κ1) is 27.7. The molecule has 0 aromatic carbocycles. The molecule has 0 saturated carbocycles. The first-order valence-corrected chi connectivity index (χ1v) is 11.8. The molecule has 168 valence electrons. The number of hydrogen-bond donors (Lipinski definition) is 2. The highest BCUT2D eigenvalue weighted by molar-refractivity contribution is 7.78. The van der Waals surface area contributed by atoms with Crippen molar-refractivity contribution in [2.24, 2.45) is 5.92 Å². The summed E-state index contributed by atoms with van der Waals surface area (Å²) in [6.07, 6.45) is 10.9. The average molecular weight is 418 g/mol. The van der Waals surface area contributed by atoms with Gasteiger partial charge in [-0.3, -0.25) is 5.43 Å². The second-order valence-corrected chi connectivity index (χ2v) is 7.91. The highest BCUT2D eigenvalue weighted by Gasteiger charge is 2.20. The maximum atomic E-state index is 5.85. The van der Waals surface area contributed by atoms with Gasteiger partial charge in [-0.15, -0.1) is 0 Å². The third-order valence-corrected chi connectivity index (χ3v) is 5.78. The van der Waals surface area contributed by atoms with E-state index in [2.05, 4.69) is 36.5 Å². The Kier molecular flexibility index (Phi) is 19.8. The molecule has 0 spiro atoms. The summed E-state index contributed by atoms with van der Waals surface area (Å²) in [5.41, 5.74) is 4.93. The number of nitrogens with zero attached hydrogens (tertiary/aromatic N) is 1. The molecule has 3 atom stereocenters. The molecule has 2 N–H and O–H groups in total. The van der Waals surface area contributed by atoms with E-state index in [1.54, 1.807) is 5.49 Å². The van der Waals surface area contributed by atoms with E-state index in [9.17, 15) is 0 Å². The Bertz CT molecular complexity index is 348. The highest BCUT2D eigenvalue weighted by Crippen LogP contribution is 2.22. The van der Waals surface area contributed by atoms with Gasteiger partial charge < -0.3 is 14.8 Å². The van der Waals surface area contributed by atoms with Crippen molar-refractivity contribution in [2.75, 3.05) is 40.5 Å². The summed E-state index contributed by atoms with van der Waals surface area (Å²) >= 11 is 4.80. The maximum Gasteiger partial charge on any atom is 0.0614 e. The van der Waals surface area contributed by atoms with Crippen molar-refractivity contribution < 1.29 is 9.47 Å². The Morgan fingerprint density at radius 3 is 2.43 bits per heavy atom. The van der Waals surface area contributed by atoms with Crippen molar-refractivity contribution in [1.29, 1.82) is 0 Å². The summed E-state index contributed by atoms with van der Waals surface area (Å²) in [5, 5.41) is 5.42. The van der Waals surface area contributed by atoms with E-state index >= 15 is 0 Å². The van der Waals surface area contributed by atoms with Crippen LogP contribution < -0.4 is 10.7 Å². The summed E-state index contributed by atoms with van der Waals surface area (Å²) in [7, 11) is 3.87. The Labute approximate surface area is 180 Å². The molecule has 0 heterocycles. The quantitative estimate of drug-likeness (QED) is 0.162. The van der Waals surface area contributed by atoms with Gasteiger partial charge in [0.2, 0.25) is 0 Å². The van der Waals surface area contributed by atoms with Crippen LogP contribution in [0.1, 0.15) is 78.6 Å². The molecule has 0 aliphatic rings. The van der Waals surface area contributed by atoms with Crippen LogP contribution in [0.3, 0.4) is 0 Å². The molecule has 0 fully saturated rings.